The van der Waals surface area contributed by atoms with Gasteiger partial charge in [0.05, 0.1) is 16.7 Å². The summed E-state index contributed by atoms with van der Waals surface area (Å²) in [5.74, 6) is 1.97. The second kappa shape index (κ2) is 6.50. The third kappa shape index (κ3) is 3.18. The first kappa shape index (κ1) is 16.7. The summed E-state index contributed by atoms with van der Waals surface area (Å²) in [7, 11) is 0. The van der Waals surface area contributed by atoms with E-state index in [0.29, 0.717) is 27.8 Å². The summed E-state index contributed by atoms with van der Waals surface area (Å²) in [5.41, 5.74) is 0.223. The molecule has 0 aliphatic heterocycles. The van der Waals surface area contributed by atoms with Gasteiger partial charge in [-0.15, -0.1) is 0 Å². The van der Waals surface area contributed by atoms with Crippen molar-refractivity contribution in [2.75, 3.05) is 0 Å². The molecule has 4 rings (SSSR count). The average molecular weight is 390 g/mol. The molecule has 0 spiro atoms. The first-order chi connectivity index (χ1) is 12.5. The van der Waals surface area contributed by atoms with Crippen molar-refractivity contribution in [3.8, 4) is 11.3 Å². The Labute approximate surface area is 157 Å². The molecule has 8 nitrogen and oxygen atoms in total. The number of H-pyrrole nitrogens is 1. The molecule has 1 aromatic carbocycles. The van der Waals surface area contributed by atoms with Crippen LogP contribution in [0.15, 0.2) is 39.9 Å². The van der Waals surface area contributed by atoms with Crippen molar-refractivity contribution in [3.63, 3.8) is 0 Å². The predicted molar refractivity (Wildman–Crippen MR) is 98.2 cm³/mol. The second-order valence-electron chi connectivity index (χ2n) is 5.84. The van der Waals surface area contributed by atoms with Crippen LogP contribution in [-0.4, -0.2) is 26.0 Å². The molecule has 0 atom stereocenters. The van der Waals surface area contributed by atoms with Gasteiger partial charge in [-0.1, -0.05) is 11.6 Å². The van der Waals surface area contributed by atoms with Crippen LogP contribution in [0.25, 0.3) is 11.3 Å². The first-order valence-corrected chi connectivity index (χ1v) is 8.57. The maximum atomic E-state index is 11.2. The summed E-state index contributed by atoms with van der Waals surface area (Å²) in [6.45, 7) is 0. The quantitative estimate of drug-likeness (QED) is 0.299. The molecule has 3 aromatic rings. The molecule has 132 valence electrons. The van der Waals surface area contributed by atoms with Gasteiger partial charge < -0.3 is 4.42 Å². The van der Waals surface area contributed by atoms with Crippen LogP contribution >= 0.6 is 23.8 Å². The highest BCUT2D eigenvalue weighted by Gasteiger charge is 2.29. The number of aromatic amines is 1. The van der Waals surface area contributed by atoms with Gasteiger partial charge in [-0.25, -0.2) is 0 Å². The SMILES string of the molecule is O=[N+]([O-])c1cc(Cl)ccc1-c1ccc(/C=N\n2c(C3CC3)n[nH]c2=S)o1. The van der Waals surface area contributed by atoms with E-state index in [2.05, 4.69) is 15.3 Å². The normalized spacial score (nSPS) is 14.2. The van der Waals surface area contributed by atoms with Gasteiger partial charge in [0.2, 0.25) is 4.77 Å². The third-order valence-electron chi connectivity index (χ3n) is 3.97. The number of nitrogens with one attached hydrogen (secondary N) is 1. The van der Waals surface area contributed by atoms with E-state index in [4.69, 9.17) is 28.2 Å². The number of benzene rings is 1. The summed E-state index contributed by atoms with van der Waals surface area (Å²) >= 11 is 11.0. The number of halogens is 1. The Kier molecular flexibility index (Phi) is 4.17. The summed E-state index contributed by atoms with van der Waals surface area (Å²) in [6.07, 6.45) is 3.64. The van der Waals surface area contributed by atoms with Crippen molar-refractivity contribution in [1.82, 2.24) is 14.9 Å². The highest BCUT2D eigenvalue weighted by Crippen LogP contribution is 2.38. The van der Waals surface area contributed by atoms with Crippen LogP contribution in [0.3, 0.4) is 0 Å². The molecule has 10 heteroatoms. The van der Waals surface area contributed by atoms with E-state index in [9.17, 15) is 10.1 Å². The fraction of sp³-hybridized carbons (Fsp3) is 0.188. The lowest BCUT2D eigenvalue weighted by molar-refractivity contribution is -0.384. The van der Waals surface area contributed by atoms with Crippen molar-refractivity contribution >= 4 is 35.7 Å². The molecule has 1 N–H and O–H groups in total. The number of rotatable bonds is 5. The predicted octanol–water partition coefficient (Wildman–Crippen LogP) is 4.52. The molecule has 0 radical (unpaired) electrons. The van der Waals surface area contributed by atoms with E-state index >= 15 is 0 Å². The molecular formula is C16H12ClN5O3S. The highest BCUT2D eigenvalue weighted by molar-refractivity contribution is 7.71. The minimum absolute atomic E-state index is 0.122. The fourth-order valence-corrected chi connectivity index (χ4v) is 2.92. The van der Waals surface area contributed by atoms with Gasteiger partial charge in [0.15, 0.2) is 5.82 Å². The Morgan fingerprint density at radius 1 is 1.42 bits per heavy atom. The number of nitro benzene ring substituents is 1. The van der Waals surface area contributed by atoms with Crippen LogP contribution in [0.2, 0.25) is 5.02 Å². The maximum Gasteiger partial charge on any atom is 0.281 e. The van der Waals surface area contributed by atoms with E-state index in [1.807, 2.05) is 0 Å². The Morgan fingerprint density at radius 3 is 2.96 bits per heavy atom. The molecular weight excluding hydrogens is 378 g/mol. The lowest BCUT2D eigenvalue weighted by Crippen LogP contribution is -1.96. The lowest BCUT2D eigenvalue weighted by atomic mass is 10.1. The van der Waals surface area contributed by atoms with E-state index in [-0.39, 0.29) is 10.7 Å². The van der Waals surface area contributed by atoms with Crippen LogP contribution in [0.1, 0.15) is 30.3 Å². The lowest BCUT2D eigenvalue weighted by Gasteiger charge is -2.00. The fourth-order valence-electron chi connectivity index (χ4n) is 2.57. The first-order valence-electron chi connectivity index (χ1n) is 7.79. The molecule has 0 saturated heterocycles. The molecule has 2 heterocycles. The van der Waals surface area contributed by atoms with Crippen LogP contribution < -0.4 is 0 Å². The van der Waals surface area contributed by atoms with Gasteiger partial charge in [0, 0.05) is 17.0 Å². The monoisotopic (exact) mass is 389 g/mol. The highest BCUT2D eigenvalue weighted by atomic mass is 35.5. The summed E-state index contributed by atoms with van der Waals surface area (Å²) in [5, 5.41) is 22.8. The molecule has 0 amide bonds. The molecule has 1 fully saturated rings. The number of nitrogens with zero attached hydrogens (tertiary/aromatic N) is 4. The van der Waals surface area contributed by atoms with Crippen LogP contribution in [0.4, 0.5) is 5.69 Å². The van der Waals surface area contributed by atoms with Crippen LogP contribution in [-0.2, 0) is 0 Å². The zero-order valence-electron chi connectivity index (χ0n) is 13.3. The topological polar surface area (TPSA) is 102 Å². The molecule has 1 aliphatic carbocycles. The third-order valence-corrected chi connectivity index (χ3v) is 4.47. The number of hydrogen-bond acceptors (Lipinski definition) is 6. The largest absolute Gasteiger partial charge is 0.455 e. The molecule has 2 aromatic heterocycles. The Balaban J connectivity index is 1.65. The van der Waals surface area contributed by atoms with Crippen LogP contribution in [0, 0.1) is 14.9 Å². The summed E-state index contributed by atoms with van der Waals surface area (Å²) < 4.78 is 7.65. The number of hydrogen-bond donors (Lipinski definition) is 1. The molecule has 1 saturated carbocycles. The van der Waals surface area contributed by atoms with Crippen molar-refractivity contribution in [1.29, 1.82) is 0 Å². The Hall–Kier alpha value is -2.78. The molecule has 0 bridgehead atoms. The minimum atomic E-state index is -0.496. The Bertz CT molecular complexity index is 1080. The van der Waals surface area contributed by atoms with Gasteiger partial charge in [-0.05, 0) is 49.3 Å². The molecule has 0 unspecified atom stereocenters. The maximum absolute atomic E-state index is 11.2. The van der Waals surface area contributed by atoms with Gasteiger partial charge in [-0.2, -0.15) is 14.9 Å². The van der Waals surface area contributed by atoms with Crippen LogP contribution in [0.5, 0.6) is 0 Å². The van der Waals surface area contributed by atoms with Crippen molar-refractivity contribution < 1.29 is 9.34 Å². The standard InChI is InChI=1S/C16H12ClN5O3S/c17-10-3-5-12(13(7-10)22(23)24)14-6-4-11(25-14)8-18-21-15(9-1-2-9)19-20-16(21)26/h3-9H,1-2H2,(H,20,26)/b18-8-. The van der Waals surface area contributed by atoms with Crippen molar-refractivity contribution in [3.05, 3.63) is 61.8 Å². The average Bonchev–Trinajstić information content (AvgIpc) is 3.23. The molecule has 26 heavy (non-hydrogen) atoms. The number of aromatic nitrogens is 3. The van der Waals surface area contributed by atoms with Gasteiger partial charge >= 0.3 is 0 Å². The summed E-state index contributed by atoms with van der Waals surface area (Å²) in [4.78, 5) is 10.7. The van der Waals surface area contributed by atoms with Gasteiger partial charge in [0.25, 0.3) is 5.69 Å². The van der Waals surface area contributed by atoms with Gasteiger partial charge in [0.1, 0.15) is 11.5 Å². The van der Waals surface area contributed by atoms with Crippen molar-refractivity contribution in [2.24, 2.45) is 5.10 Å². The summed E-state index contributed by atoms with van der Waals surface area (Å²) in [6, 6.07) is 7.75. The van der Waals surface area contributed by atoms with Gasteiger partial charge in [-0.3, -0.25) is 15.2 Å². The smallest absolute Gasteiger partial charge is 0.281 e. The second-order valence-corrected chi connectivity index (χ2v) is 6.66. The van der Waals surface area contributed by atoms with E-state index in [0.717, 1.165) is 18.7 Å². The van der Waals surface area contributed by atoms with E-state index < -0.39 is 4.92 Å². The van der Waals surface area contributed by atoms with Crippen molar-refractivity contribution in [2.45, 2.75) is 18.8 Å². The zero-order chi connectivity index (χ0) is 18.3. The molecule has 1 aliphatic rings. The number of nitro groups is 1. The Morgan fingerprint density at radius 2 is 2.23 bits per heavy atom. The van der Waals surface area contributed by atoms with E-state index in [1.54, 1.807) is 28.9 Å². The minimum Gasteiger partial charge on any atom is -0.455 e. The number of furan rings is 1. The van der Waals surface area contributed by atoms with E-state index in [1.165, 1.54) is 12.3 Å². The zero-order valence-corrected chi connectivity index (χ0v) is 14.8.